The Bertz CT molecular complexity index is 22.8. The zero-order valence-corrected chi connectivity index (χ0v) is 8.20. The molecule has 0 spiro atoms. The highest BCUT2D eigenvalue weighted by atomic mass is 79.9. The van der Waals surface area contributed by atoms with Crippen LogP contribution in [0.2, 0.25) is 0 Å². The van der Waals surface area contributed by atoms with E-state index in [-0.39, 0.29) is 16.0 Å². The Morgan fingerprint density at radius 3 is 1.67 bits per heavy atom. The Hall–Kier alpha value is 1.47. The number of allylic oxidation sites excluding steroid dienone is 1. The first-order valence-corrected chi connectivity index (χ1v) is 9.24. The van der Waals surface area contributed by atoms with E-state index in [1.54, 1.807) is 6.92 Å². The molecule has 0 nitrogen and oxygen atoms in total. The Morgan fingerprint density at radius 2 is 1.67 bits per heavy atom. The average molecular weight is 225 g/mol. The molecule has 33 valence electrons. The Morgan fingerprint density at radius 1 is 1.67 bits per heavy atom. The van der Waals surface area contributed by atoms with Crippen molar-refractivity contribution in [2.24, 2.45) is 0 Å². The van der Waals surface area contributed by atoms with E-state index >= 15 is 0 Å². The lowest BCUT2D eigenvalue weighted by Crippen LogP contribution is -1.31. The van der Waals surface area contributed by atoms with Gasteiger partial charge < -0.3 is 0 Å². The zero-order valence-electron chi connectivity index (χ0n) is 3.62. The maximum absolute atomic E-state index is 4.72. The molecule has 0 heterocycles. The summed E-state index contributed by atoms with van der Waals surface area (Å²) in [6.07, 6.45) is 1.50. The summed E-state index contributed by atoms with van der Waals surface area (Å²) in [5.74, 6) is 0. The lowest BCUT2D eigenvalue weighted by atomic mass is 10.8. The molecule has 0 bridgehead atoms. The van der Waals surface area contributed by atoms with Crippen molar-refractivity contribution >= 4 is 41.8 Å². The molecule has 6 heavy (non-hydrogen) atoms. The zero-order chi connectivity index (χ0) is 5.41. The molecule has 0 amide bonds. The predicted octanol–water partition coefficient (Wildman–Crippen LogP) is 2.31. The molecule has 0 aliphatic rings. The van der Waals surface area contributed by atoms with Gasteiger partial charge >= 0.3 is 16.0 Å². The fraction of sp³-hybridized carbons (Fsp3) is 0.333. The third kappa shape index (κ3) is 50.7. The van der Waals surface area contributed by atoms with Crippen LogP contribution in [-0.2, 0) is 0 Å². The summed E-state index contributed by atoms with van der Waals surface area (Å²) >= 11 is 6.44. The van der Waals surface area contributed by atoms with Crippen molar-refractivity contribution in [3.63, 3.8) is 0 Å². The van der Waals surface area contributed by atoms with Gasteiger partial charge in [-0.1, -0.05) is 12.7 Å². The van der Waals surface area contributed by atoms with E-state index in [1.807, 2.05) is 0 Å². The van der Waals surface area contributed by atoms with Gasteiger partial charge in [0.1, 0.15) is 0 Å². The number of halogens is 2. The number of hydrogen-bond donors (Lipinski definition) is 0. The number of hydrogen-bond acceptors (Lipinski definition) is 0. The Kier molecular flexibility index (Phi) is 28.0. The van der Waals surface area contributed by atoms with Gasteiger partial charge in [0.2, 0.25) is 0 Å². The van der Waals surface area contributed by atoms with Crippen molar-refractivity contribution in [2.45, 2.75) is 6.92 Å². The minimum Gasteiger partial charge on any atom is -0.280 e. The van der Waals surface area contributed by atoms with Crippen LogP contribution in [0.15, 0.2) is 6.08 Å². The monoisotopic (exact) mass is 223 g/mol. The first kappa shape index (κ1) is 10.4. The van der Waals surface area contributed by atoms with E-state index in [4.69, 9.17) is 6.58 Å². The van der Waals surface area contributed by atoms with Crippen LogP contribution >= 0.6 is 25.8 Å². The molecule has 0 aromatic rings. The normalized spacial score (nSPS) is 3.83. The summed E-state index contributed by atoms with van der Waals surface area (Å²) in [5, 5.41) is 0. The van der Waals surface area contributed by atoms with Crippen molar-refractivity contribution < 1.29 is 0 Å². The summed E-state index contributed by atoms with van der Waals surface area (Å²) in [6, 6.07) is 0. The van der Waals surface area contributed by atoms with Crippen molar-refractivity contribution in [2.75, 3.05) is 0 Å². The van der Waals surface area contributed by atoms with Crippen LogP contribution in [0.25, 0.3) is 0 Å². The molecular formula is C3H5Br2Mg. The van der Waals surface area contributed by atoms with Gasteiger partial charge in [0, 0.05) is 0 Å². The molecule has 0 aromatic carbocycles. The van der Waals surface area contributed by atoms with E-state index in [9.17, 15) is 0 Å². The first-order chi connectivity index (χ1) is 2.83. The minimum atomic E-state index is 0.0417. The summed E-state index contributed by atoms with van der Waals surface area (Å²) in [4.78, 5) is 0. The molecule has 0 saturated heterocycles. The molecule has 0 fully saturated rings. The lowest BCUT2D eigenvalue weighted by molar-refractivity contribution is 1.78. The van der Waals surface area contributed by atoms with Crippen LogP contribution in [0.5, 0.6) is 0 Å². The molecule has 0 N–H and O–H groups in total. The molecule has 3 heteroatoms. The van der Waals surface area contributed by atoms with Crippen LogP contribution < -0.4 is 0 Å². The fourth-order valence-corrected chi connectivity index (χ4v) is 0. The third-order valence-corrected chi connectivity index (χ3v) is 0. The molecule has 0 rings (SSSR count). The second kappa shape index (κ2) is 16.1. The topological polar surface area (TPSA) is 0 Å². The molecule has 1 radical (unpaired) electrons. The largest absolute Gasteiger partial charge is 0.560 e. The van der Waals surface area contributed by atoms with Crippen molar-refractivity contribution in [3.05, 3.63) is 12.7 Å². The highest BCUT2D eigenvalue weighted by Gasteiger charge is 1.62. The van der Waals surface area contributed by atoms with Gasteiger partial charge in [0.05, 0.1) is 0 Å². The van der Waals surface area contributed by atoms with Crippen molar-refractivity contribution in [1.29, 1.82) is 0 Å². The molecule has 0 aromatic heterocycles. The second-order valence-electron chi connectivity index (χ2n) is 0.434. The van der Waals surface area contributed by atoms with Crippen molar-refractivity contribution in [3.8, 4) is 0 Å². The van der Waals surface area contributed by atoms with E-state index in [0.717, 1.165) is 0 Å². The smallest absolute Gasteiger partial charge is 0.280 e. The van der Waals surface area contributed by atoms with Crippen molar-refractivity contribution in [1.82, 2.24) is 0 Å². The Labute approximate surface area is 60.8 Å². The number of rotatable bonds is 0. The van der Waals surface area contributed by atoms with E-state index < -0.39 is 0 Å². The van der Waals surface area contributed by atoms with E-state index in [1.165, 1.54) is 6.08 Å². The molecular weight excluding hydrogens is 220 g/mol. The quantitative estimate of drug-likeness (QED) is 0.555. The van der Waals surface area contributed by atoms with Gasteiger partial charge in [0.25, 0.3) is 0 Å². The van der Waals surface area contributed by atoms with Gasteiger partial charge in [0.15, 0.2) is 0 Å². The summed E-state index contributed by atoms with van der Waals surface area (Å²) in [7, 11) is 0. The molecule has 0 saturated carbocycles. The molecule has 0 atom stereocenters. The van der Waals surface area contributed by atoms with Crippen LogP contribution in [0.1, 0.15) is 6.92 Å². The van der Waals surface area contributed by atoms with Gasteiger partial charge in [-0.2, -0.15) is 0 Å². The maximum Gasteiger partial charge on any atom is 0.560 e. The summed E-state index contributed by atoms with van der Waals surface area (Å²) in [6.45, 7) is 6.50. The lowest BCUT2D eigenvalue weighted by Gasteiger charge is -1.33. The molecule has 0 unspecified atom stereocenters. The molecule has 0 aliphatic carbocycles. The summed E-state index contributed by atoms with van der Waals surface area (Å²) < 4.78 is 0. The second-order valence-corrected chi connectivity index (χ2v) is 8.52. The van der Waals surface area contributed by atoms with Gasteiger partial charge in [-0.3, -0.25) is 25.8 Å². The van der Waals surface area contributed by atoms with Gasteiger partial charge in [-0.15, -0.1) is 0 Å². The van der Waals surface area contributed by atoms with Crippen LogP contribution in [0, 0.1) is 6.58 Å². The van der Waals surface area contributed by atoms with E-state index in [2.05, 4.69) is 25.8 Å². The highest BCUT2D eigenvalue weighted by molar-refractivity contribution is 9.47. The minimum absolute atomic E-state index is 0.0417. The fourth-order valence-electron chi connectivity index (χ4n) is 0. The van der Waals surface area contributed by atoms with E-state index in [0.29, 0.717) is 0 Å². The SMILES string of the molecule is [Br][Mg][Br].[CH]=CC. The third-order valence-electron chi connectivity index (χ3n) is 0. The maximum atomic E-state index is 4.72. The molecule has 0 aliphatic heterocycles. The standard InChI is InChI=1S/C3H5.2BrH.Mg/c1-3-2;;;/h1,3H,2H3;2*1H;/q;;;+2/p-2. The summed E-state index contributed by atoms with van der Waals surface area (Å²) in [5.41, 5.74) is 0. The van der Waals surface area contributed by atoms with Crippen LogP contribution in [-0.4, -0.2) is 16.0 Å². The average Bonchev–Trinajstić information content (AvgIpc) is 1.39. The van der Waals surface area contributed by atoms with Crippen LogP contribution in [0.3, 0.4) is 0 Å². The van der Waals surface area contributed by atoms with Gasteiger partial charge in [-0.05, 0) is 6.92 Å². The first-order valence-electron chi connectivity index (χ1n) is 1.45. The van der Waals surface area contributed by atoms with Gasteiger partial charge in [-0.25, -0.2) is 0 Å². The van der Waals surface area contributed by atoms with Crippen LogP contribution in [0.4, 0.5) is 0 Å². The predicted molar refractivity (Wildman–Crippen MR) is 38.2 cm³/mol. The Balaban J connectivity index is 0. The highest BCUT2D eigenvalue weighted by Crippen LogP contribution is 1.77.